The van der Waals surface area contributed by atoms with Gasteiger partial charge in [0.05, 0.1) is 18.4 Å². The van der Waals surface area contributed by atoms with Crippen molar-refractivity contribution in [2.24, 2.45) is 0 Å². The van der Waals surface area contributed by atoms with Gasteiger partial charge in [-0.1, -0.05) is 30.3 Å². The number of hydrogen-bond donors (Lipinski definition) is 1. The number of carbonyl (C=O) groups is 1. The number of rotatable bonds is 7. The second kappa shape index (κ2) is 9.30. The second-order valence-electron chi connectivity index (χ2n) is 6.73. The summed E-state index contributed by atoms with van der Waals surface area (Å²) < 4.78 is 36.1. The summed E-state index contributed by atoms with van der Waals surface area (Å²) in [6.07, 6.45) is 1.64. The fraction of sp³-hybridized carbons (Fsp3) is 0.0833. The number of ether oxygens (including phenoxy) is 2. The van der Waals surface area contributed by atoms with Gasteiger partial charge < -0.3 is 14.8 Å². The number of alkyl halides is 2. The van der Waals surface area contributed by atoms with Crippen molar-refractivity contribution in [1.29, 1.82) is 0 Å². The van der Waals surface area contributed by atoms with Gasteiger partial charge in [0.15, 0.2) is 0 Å². The highest BCUT2D eigenvalue weighted by atomic mass is 19.3. The SMILES string of the molecule is COc1ccccc1-c1nn(-c2ccccc2)cc1C(=O)Nc1ccc(OC(F)F)cc1. The monoisotopic (exact) mass is 435 g/mol. The molecule has 0 saturated carbocycles. The number of carbonyl (C=O) groups excluding carboxylic acids is 1. The Labute approximate surface area is 183 Å². The number of anilines is 1. The van der Waals surface area contributed by atoms with Crippen molar-refractivity contribution in [3.63, 3.8) is 0 Å². The zero-order chi connectivity index (χ0) is 22.5. The molecular weight excluding hydrogens is 416 g/mol. The molecule has 32 heavy (non-hydrogen) atoms. The molecule has 1 heterocycles. The lowest BCUT2D eigenvalue weighted by Crippen LogP contribution is -2.12. The van der Waals surface area contributed by atoms with Crippen LogP contribution >= 0.6 is 0 Å². The van der Waals surface area contributed by atoms with Crippen molar-refractivity contribution in [1.82, 2.24) is 9.78 Å². The van der Waals surface area contributed by atoms with Crippen molar-refractivity contribution < 1.29 is 23.0 Å². The molecule has 8 heteroatoms. The van der Waals surface area contributed by atoms with Crippen LogP contribution in [0.25, 0.3) is 16.9 Å². The molecule has 6 nitrogen and oxygen atoms in total. The smallest absolute Gasteiger partial charge is 0.387 e. The van der Waals surface area contributed by atoms with Gasteiger partial charge >= 0.3 is 6.61 Å². The van der Waals surface area contributed by atoms with E-state index in [1.54, 1.807) is 24.1 Å². The number of nitrogens with one attached hydrogen (secondary N) is 1. The predicted octanol–water partition coefficient (Wildman–Crippen LogP) is 5.40. The van der Waals surface area contributed by atoms with E-state index in [1.807, 2.05) is 48.5 Å². The maximum absolute atomic E-state index is 13.2. The number of aromatic nitrogens is 2. The van der Waals surface area contributed by atoms with Gasteiger partial charge in [-0.15, -0.1) is 0 Å². The molecule has 0 unspecified atom stereocenters. The summed E-state index contributed by atoms with van der Waals surface area (Å²) in [5.41, 5.74) is 2.65. The molecule has 0 saturated heterocycles. The minimum atomic E-state index is -2.91. The lowest BCUT2D eigenvalue weighted by Gasteiger charge is -2.09. The van der Waals surface area contributed by atoms with Gasteiger partial charge in [0.25, 0.3) is 5.91 Å². The van der Waals surface area contributed by atoms with Crippen LogP contribution in [0.1, 0.15) is 10.4 Å². The minimum Gasteiger partial charge on any atom is -0.496 e. The number of nitrogens with zero attached hydrogens (tertiary/aromatic N) is 2. The van der Waals surface area contributed by atoms with Gasteiger partial charge in [0.1, 0.15) is 17.2 Å². The lowest BCUT2D eigenvalue weighted by atomic mass is 10.1. The van der Waals surface area contributed by atoms with Crippen LogP contribution in [-0.4, -0.2) is 29.4 Å². The molecule has 0 aliphatic rings. The molecule has 162 valence electrons. The average Bonchev–Trinajstić information content (AvgIpc) is 3.26. The summed E-state index contributed by atoms with van der Waals surface area (Å²) in [6.45, 7) is -2.91. The predicted molar refractivity (Wildman–Crippen MR) is 117 cm³/mol. The number of para-hydroxylation sites is 2. The minimum absolute atomic E-state index is 0.00427. The topological polar surface area (TPSA) is 65.4 Å². The molecule has 1 N–H and O–H groups in total. The molecule has 0 radical (unpaired) electrons. The fourth-order valence-corrected chi connectivity index (χ4v) is 3.21. The van der Waals surface area contributed by atoms with Crippen molar-refractivity contribution >= 4 is 11.6 Å². The van der Waals surface area contributed by atoms with E-state index in [1.165, 1.54) is 24.3 Å². The molecule has 1 aromatic heterocycles. The third-order valence-electron chi connectivity index (χ3n) is 4.68. The molecule has 0 aliphatic heterocycles. The molecule has 0 spiro atoms. The van der Waals surface area contributed by atoms with Crippen LogP contribution in [0.5, 0.6) is 11.5 Å². The van der Waals surface area contributed by atoms with Crippen LogP contribution in [0.3, 0.4) is 0 Å². The quantitative estimate of drug-likeness (QED) is 0.422. The largest absolute Gasteiger partial charge is 0.496 e. The summed E-state index contributed by atoms with van der Waals surface area (Å²) >= 11 is 0. The number of methoxy groups -OCH3 is 1. The Kier molecular flexibility index (Phi) is 6.12. The van der Waals surface area contributed by atoms with Crippen molar-refractivity contribution in [3.8, 4) is 28.4 Å². The molecular formula is C24H19F2N3O3. The van der Waals surface area contributed by atoms with E-state index in [-0.39, 0.29) is 5.75 Å². The van der Waals surface area contributed by atoms with Crippen LogP contribution in [0, 0.1) is 0 Å². The highest BCUT2D eigenvalue weighted by Gasteiger charge is 2.21. The Morgan fingerprint density at radius 3 is 2.34 bits per heavy atom. The van der Waals surface area contributed by atoms with Crippen LogP contribution in [0.15, 0.2) is 85.1 Å². The number of halogens is 2. The Balaban J connectivity index is 1.70. The molecule has 0 bridgehead atoms. The van der Waals surface area contributed by atoms with E-state index in [4.69, 9.17) is 4.74 Å². The van der Waals surface area contributed by atoms with Crippen molar-refractivity contribution in [2.75, 3.05) is 12.4 Å². The van der Waals surface area contributed by atoms with Crippen molar-refractivity contribution in [2.45, 2.75) is 6.61 Å². The Bertz CT molecular complexity index is 1210. The summed E-state index contributed by atoms with van der Waals surface area (Å²) in [5, 5.41) is 7.42. The normalized spacial score (nSPS) is 10.8. The first kappa shape index (κ1) is 21.0. The van der Waals surface area contributed by atoms with Gasteiger partial charge in [-0.25, -0.2) is 4.68 Å². The van der Waals surface area contributed by atoms with E-state index in [0.29, 0.717) is 28.3 Å². The summed E-state index contributed by atoms with van der Waals surface area (Å²) in [7, 11) is 1.55. The van der Waals surface area contributed by atoms with Gasteiger partial charge in [-0.3, -0.25) is 4.79 Å². The Hall–Kier alpha value is -4.20. The second-order valence-corrected chi connectivity index (χ2v) is 6.73. The average molecular weight is 435 g/mol. The molecule has 4 aromatic rings. The van der Waals surface area contributed by atoms with Crippen LogP contribution in [0.2, 0.25) is 0 Å². The van der Waals surface area contributed by atoms with E-state index in [9.17, 15) is 13.6 Å². The van der Waals surface area contributed by atoms with Gasteiger partial charge in [-0.2, -0.15) is 13.9 Å². The Morgan fingerprint density at radius 2 is 1.66 bits per heavy atom. The third-order valence-corrected chi connectivity index (χ3v) is 4.68. The van der Waals surface area contributed by atoms with E-state index in [2.05, 4.69) is 15.2 Å². The maximum Gasteiger partial charge on any atom is 0.387 e. The van der Waals surface area contributed by atoms with E-state index < -0.39 is 12.5 Å². The zero-order valence-corrected chi connectivity index (χ0v) is 17.0. The van der Waals surface area contributed by atoms with Crippen molar-refractivity contribution in [3.05, 3.63) is 90.6 Å². The van der Waals surface area contributed by atoms with Crippen LogP contribution in [-0.2, 0) is 0 Å². The highest BCUT2D eigenvalue weighted by molar-refractivity contribution is 6.08. The first-order valence-electron chi connectivity index (χ1n) is 9.70. The van der Waals surface area contributed by atoms with E-state index in [0.717, 1.165) is 5.69 Å². The first-order valence-corrected chi connectivity index (χ1v) is 9.70. The number of amides is 1. The van der Waals surface area contributed by atoms with Gasteiger partial charge in [0, 0.05) is 17.4 Å². The molecule has 0 aliphatic carbocycles. The maximum atomic E-state index is 13.2. The molecule has 4 rings (SSSR count). The highest BCUT2D eigenvalue weighted by Crippen LogP contribution is 2.32. The zero-order valence-electron chi connectivity index (χ0n) is 17.0. The summed E-state index contributed by atoms with van der Waals surface area (Å²) in [5.74, 6) is 0.175. The van der Waals surface area contributed by atoms with Crippen LogP contribution < -0.4 is 14.8 Å². The summed E-state index contributed by atoms with van der Waals surface area (Å²) in [6, 6.07) is 22.4. The van der Waals surface area contributed by atoms with Gasteiger partial charge in [-0.05, 0) is 48.5 Å². The molecule has 1 amide bonds. The number of hydrogen-bond acceptors (Lipinski definition) is 4. The standard InChI is InChI=1S/C24H19F2N3O3/c1-31-21-10-6-5-9-19(21)22-20(15-29(28-22)17-7-3-2-4-8-17)23(30)27-16-11-13-18(14-12-16)32-24(25)26/h2-15,24H,1H3,(H,27,30). The first-order chi connectivity index (χ1) is 15.5. The molecule has 0 atom stereocenters. The Morgan fingerprint density at radius 1 is 0.969 bits per heavy atom. The number of benzene rings is 3. The third kappa shape index (κ3) is 4.59. The van der Waals surface area contributed by atoms with Crippen LogP contribution in [0.4, 0.5) is 14.5 Å². The van der Waals surface area contributed by atoms with E-state index >= 15 is 0 Å². The fourth-order valence-electron chi connectivity index (χ4n) is 3.21. The lowest BCUT2D eigenvalue weighted by molar-refractivity contribution is -0.0498. The molecule has 0 fully saturated rings. The molecule has 3 aromatic carbocycles. The summed E-state index contributed by atoms with van der Waals surface area (Å²) in [4.78, 5) is 13.2. The van der Waals surface area contributed by atoms with Gasteiger partial charge in [0.2, 0.25) is 0 Å².